The van der Waals surface area contributed by atoms with Crippen LogP contribution in [-0.4, -0.2) is 9.55 Å². The third kappa shape index (κ3) is 1.74. The van der Waals surface area contributed by atoms with E-state index in [-0.39, 0.29) is 0 Å². The molecule has 0 radical (unpaired) electrons. The van der Waals surface area contributed by atoms with Gasteiger partial charge in [0.25, 0.3) is 0 Å². The molecule has 2 aromatic heterocycles. The second-order valence-corrected chi connectivity index (χ2v) is 5.56. The summed E-state index contributed by atoms with van der Waals surface area (Å²) in [6.45, 7) is 0.000586. The van der Waals surface area contributed by atoms with E-state index in [2.05, 4.69) is 28.6 Å². The number of imidazole rings is 1. The van der Waals surface area contributed by atoms with Gasteiger partial charge >= 0.3 is 0 Å². The molecule has 0 fully saturated rings. The van der Waals surface area contributed by atoms with Crippen LogP contribution in [0.2, 0.25) is 0 Å². The maximum atomic E-state index is 7.58. The van der Waals surface area contributed by atoms with Gasteiger partial charge in [-0.2, -0.15) is 0 Å². The summed E-state index contributed by atoms with van der Waals surface area (Å²) in [5, 5.41) is 0. The SMILES string of the molecule is [2H]C([2H])([2H])c1ccc(-c2c(C)ccc3c2Cc2nccn2-3)[n+](C)c1. The first kappa shape index (κ1) is 9.50. The highest BCUT2D eigenvalue weighted by Gasteiger charge is 2.26. The maximum absolute atomic E-state index is 7.58. The molecule has 0 bridgehead atoms. The molecular formula is C18H18N3+. The zero-order chi connectivity index (χ0) is 17.1. The first-order valence-corrected chi connectivity index (χ1v) is 7.02. The minimum absolute atomic E-state index is 0.354. The first-order chi connectivity index (χ1) is 11.4. The van der Waals surface area contributed by atoms with Crippen molar-refractivity contribution in [2.24, 2.45) is 7.05 Å². The van der Waals surface area contributed by atoms with Crippen molar-refractivity contribution in [3.63, 3.8) is 0 Å². The Morgan fingerprint density at radius 1 is 1.29 bits per heavy atom. The molecule has 3 nitrogen and oxygen atoms in total. The number of benzene rings is 1. The summed E-state index contributed by atoms with van der Waals surface area (Å²) in [5.41, 5.74) is 6.11. The first-order valence-electron chi connectivity index (χ1n) is 8.52. The second-order valence-electron chi connectivity index (χ2n) is 5.56. The van der Waals surface area contributed by atoms with Crippen LogP contribution in [0, 0.1) is 13.8 Å². The van der Waals surface area contributed by atoms with E-state index in [1.165, 1.54) is 11.1 Å². The van der Waals surface area contributed by atoms with Gasteiger partial charge in [0, 0.05) is 34.6 Å². The minimum atomic E-state index is -2.09. The molecule has 3 heterocycles. The van der Waals surface area contributed by atoms with Crippen LogP contribution in [0.4, 0.5) is 0 Å². The van der Waals surface area contributed by atoms with Crippen molar-refractivity contribution in [3.8, 4) is 16.9 Å². The molecule has 3 heteroatoms. The summed E-state index contributed by atoms with van der Waals surface area (Å²) in [7, 11) is 1.90. The zero-order valence-electron chi connectivity index (χ0n) is 15.1. The van der Waals surface area contributed by atoms with Crippen molar-refractivity contribution in [2.45, 2.75) is 20.2 Å². The highest BCUT2D eigenvalue weighted by atomic mass is 15.1. The third-order valence-electron chi connectivity index (χ3n) is 4.20. The summed E-state index contributed by atoms with van der Waals surface area (Å²) < 4.78 is 26.8. The third-order valence-corrected chi connectivity index (χ3v) is 4.20. The van der Waals surface area contributed by atoms with E-state index in [0.29, 0.717) is 5.56 Å². The van der Waals surface area contributed by atoms with E-state index in [0.717, 1.165) is 29.2 Å². The van der Waals surface area contributed by atoms with Crippen molar-refractivity contribution in [2.75, 3.05) is 0 Å². The van der Waals surface area contributed by atoms with Gasteiger partial charge in [0.15, 0.2) is 6.20 Å². The predicted molar refractivity (Wildman–Crippen MR) is 82.5 cm³/mol. The Bertz CT molecular complexity index is 955. The molecule has 4 rings (SSSR count). The van der Waals surface area contributed by atoms with E-state index in [1.54, 1.807) is 12.3 Å². The summed E-state index contributed by atoms with van der Waals surface area (Å²) in [6, 6.07) is 7.85. The van der Waals surface area contributed by atoms with Crippen LogP contribution in [-0.2, 0) is 13.5 Å². The molecule has 0 unspecified atom stereocenters. The Morgan fingerprint density at radius 2 is 2.19 bits per heavy atom. The molecule has 21 heavy (non-hydrogen) atoms. The number of aromatic nitrogens is 3. The van der Waals surface area contributed by atoms with Crippen LogP contribution < -0.4 is 4.57 Å². The van der Waals surface area contributed by atoms with Crippen molar-refractivity contribution < 1.29 is 8.68 Å². The summed E-state index contributed by atoms with van der Waals surface area (Å²) in [6.07, 6.45) is 6.30. The van der Waals surface area contributed by atoms with Gasteiger partial charge in [0.05, 0.1) is 11.3 Å². The monoisotopic (exact) mass is 279 g/mol. The highest BCUT2D eigenvalue weighted by molar-refractivity contribution is 5.72. The average molecular weight is 279 g/mol. The van der Waals surface area contributed by atoms with Gasteiger partial charge in [-0.15, -0.1) is 0 Å². The lowest BCUT2D eigenvalue weighted by molar-refractivity contribution is -0.660. The van der Waals surface area contributed by atoms with Crippen molar-refractivity contribution >= 4 is 0 Å². The van der Waals surface area contributed by atoms with Gasteiger partial charge in [0.2, 0.25) is 5.69 Å². The number of pyridine rings is 1. The molecule has 104 valence electrons. The molecule has 0 amide bonds. The Kier molecular flexibility index (Phi) is 1.94. The molecule has 1 aromatic carbocycles. The lowest BCUT2D eigenvalue weighted by Gasteiger charge is -2.11. The summed E-state index contributed by atoms with van der Waals surface area (Å²) >= 11 is 0. The van der Waals surface area contributed by atoms with Crippen LogP contribution in [0.15, 0.2) is 42.9 Å². The van der Waals surface area contributed by atoms with Gasteiger partial charge < -0.3 is 4.57 Å². The molecule has 1 aliphatic rings. The number of rotatable bonds is 1. The molecule has 0 aliphatic carbocycles. The van der Waals surface area contributed by atoms with Crippen LogP contribution in [0.1, 0.15) is 26.6 Å². The van der Waals surface area contributed by atoms with E-state index in [1.807, 2.05) is 30.1 Å². The van der Waals surface area contributed by atoms with Crippen LogP contribution in [0.3, 0.4) is 0 Å². The molecule has 1 aliphatic heterocycles. The summed E-state index contributed by atoms with van der Waals surface area (Å²) in [5.74, 6) is 1.04. The van der Waals surface area contributed by atoms with Crippen LogP contribution in [0.5, 0.6) is 0 Å². The normalized spacial score (nSPS) is 15.0. The van der Waals surface area contributed by atoms with Crippen molar-refractivity contribution in [1.29, 1.82) is 0 Å². The number of nitrogens with zero attached hydrogens (tertiary/aromatic N) is 3. The van der Waals surface area contributed by atoms with Crippen molar-refractivity contribution in [3.05, 3.63) is 65.4 Å². The van der Waals surface area contributed by atoms with Crippen LogP contribution >= 0.6 is 0 Å². The molecule has 0 spiro atoms. The Balaban J connectivity index is 1.91. The number of aryl methyl sites for hydroxylation is 3. The van der Waals surface area contributed by atoms with E-state index in [9.17, 15) is 0 Å². The fourth-order valence-electron chi connectivity index (χ4n) is 3.22. The summed E-state index contributed by atoms with van der Waals surface area (Å²) in [4.78, 5) is 4.43. The van der Waals surface area contributed by atoms with E-state index in [4.69, 9.17) is 4.11 Å². The van der Waals surface area contributed by atoms with E-state index >= 15 is 0 Å². The molecule has 0 N–H and O–H groups in total. The number of fused-ring (bicyclic) bond motifs is 3. The lowest BCUT2D eigenvalue weighted by Crippen LogP contribution is -2.31. The van der Waals surface area contributed by atoms with Gasteiger partial charge in [-0.3, -0.25) is 0 Å². The zero-order valence-corrected chi connectivity index (χ0v) is 12.1. The smallest absolute Gasteiger partial charge is 0.212 e. The van der Waals surface area contributed by atoms with Gasteiger partial charge in [-0.05, 0) is 37.0 Å². The average Bonchev–Trinajstić information content (AvgIpc) is 3.07. The lowest BCUT2D eigenvalue weighted by atomic mass is 9.95. The van der Waals surface area contributed by atoms with Gasteiger partial charge in [-0.1, -0.05) is 6.07 Å². The van der Waals surface area contributed by atoms with E-state index < -0.39 is 6.85 Å². The Morgan fingerprint density at radius 3 is 3.00 bits per heavy atom. The van der Waals surface area contributed by atoms with Gasteiger partial charge in [-0.25, -0.2) is 9.55 Å². The van der Waals surface area contributed by atoms with Gasteiger partial charge in [0.1, 0.15) is 12.9 Å². The topological polar surface area (TPSA) is 21.7 Å². The van der Waals surface area contributed by atoms with Crippen molar-refractivity contribution in [1.82, 2.24) is 9.55 Å². The highest BCUT2D eigenvalue weighted by Crippen LogP contribution is 2.36. The Labute approximate surface area is 128 Å². The number of hydrogen-bond donors (Lipinski definition) is 0. The fourth-order valence-corrected chi connectivity index (χ4v) is 3.22. The largest absolute Gasteiger partial charge is 0.303 e. The molecule has 0 atom stereocenters. The second kappa shape index (κ2) is 4.29. The Hall–Kier alpha value is -2.42. The number of hydrogen-bond acceptors (Lipinski definition) is 1. The standard InChI is InChI=1S/C18H18N3/c1-12-4-6-16(20(3)11-12)18-13(2)5-7-15-14(18)10-17-19-8-9-21(15)17/h4-9,11H,10H2,1-3H3/q+1/i1D3. The quantitative estimate of drug-likeness (QED) is 0.491. The maximum Gasteiger partial charge on any atom is 0.212 e. The van der Waals surface area contributed by atoms with Crippen LogP contribution in [0.25, 0.3) is 16.9 Å². The predicted octanol–water partition coefficient (Wildman–Crippen LogP) is 2.88. The molecule has 0 saturated heterocycles. The minimum Gasteiger partial charge on any atom is -0.303 e. The fraction of sp³-hybridized carbons (Fsp3) is 0.222. The molecular weight excluding hydrogens is 258 g/mol. The molecule has 0 saturated carbocycles. The molecule has 3 aromatic rings.